The number of hydrogen-bond donors (Lipinski definition) is 0. The Hall–Kier alpha value is -1.45. The van der Waals surface area contributed by atoms with Crippen LogP contribution in [0.1, 0.15) is 25.5 Å². The van der Waals surface area contributed by atoms with Gasteiger partial charge in [-0.15, -0.1) is 0 Å². The van der Waals surface area contributed by atoms with Crippen molar-refractivity contribution in [1.29, 1.82) is 0 Å². The SMILES string of the molecule is CC(C)c1cnc2oncc2n1. The van der Waals surface area contributed by atoms with Crippen LogP contribution in [0.25, 0.3) is 11.2 Å². The van der Waals surface area contributed by atoms with Gasteiger partial charge in [0, 0.05) is 0 Å². The summed E-state index contributed by atoms with van der Waals surface area (Å²) < 4.78 is 4.83. The normalized spacial score (nSPS) is 11.2. The third-order valence-electron chi connectivity index (χ3n) is 1.69. The van der Waals surface area contributed by atoms with Crippen molar-refractivity contribution in [3.63, 3.8) is 0 Å². The van der Waals surface area contributed by atoms with Crippen LogP contribution >= 0.6 is 0 Å². The van der Waals surface area contributed by atoms with Crippen molar-refractivity contribution < 1.29 is 4.52 Å². The summed E-state index contributed by atoms with van der Waals surface area (Å²) in [6.45, 7) is 4.15. The lowest BCUT2D eigenvalue weighted by molar-refractivity contribution is 0.448. The van der Waals surface area contributed by atoms with E-state index in [0.717, 1.165) is 11.2 Å². The van der Waals surface area contributed by atoms with Crippen LogP contribution in [0.4, 0.5) is 0 Å². The summed E-state index contributed by atoms with van der Waals surface area (Å²) in [5.74, 6) is 0.386. The summed E-state index contributed by atoms with van der Waals surface area (Å²) in [7, 11) is 0. The van der Waals surface area contributed by atoms with Crippen LogP contribution in [0, 0.1) is 0 Å². The largest absolute Gasteiger partial charge is 0.334 e. The van der Waals surface area contributed by atoms with Crippen LogP contribution in [0.15, 0.2) is 16.9 Å². The molecule has 0 aliphatic carbocycles. The average Bonchev–Trinajstić information content (AvgIpc) is 2.49. The van der Waals surface area contributed by atoms with Crippen LogP contribution in [-0.2, 0) is 0 Å². The molecule has 2 aromatic rings. The minimum Gasteiger partial charge on any atom is -0.334 e. The van der Waals surface area contributed by atoms with E-state index in [-0.39, 0.29) is 0 Å². The molecule has 0 radical (unpaired) electrons. The van der Waals surface area contributed by atoms with Crippen molar-refractivity contribution in [3.05, 3.63) is 18.1 Å². The van der Waals surface area contributed by atoms with Crippen molar-refractivity contribution in [2.24, 2.45) is 0 Å². The first-order valence-corrected chi connectivity index (χ1v) is 3.84. The number of hydrogen-bond acceptors (Lipinski definition) is 4. The quantitative estimate of drug-likeness (QED) is 0.642. The van der Waals surface area contributed by atoms with E-state index in [4.69, 9.17) is 4.52 Å². The molecule has 0 fully saturated rings. The lowest BCUT2D eigenvalue weighted by atomic mass is 10.1. The molecule has 0 spiro atoms. The van der Waals surface area contributed by atoms with E-state index in [9.17, 15) is 0 Å². The minimum atomic E-state index is 0.386. The summed E-state index contributed by atoms with van der Waals surface area (Å²) in [5, 5.41) is 3.60. The molecule has 0 saturated heterocycles. The standard InChI is InChI=1S/C8H9N3O/c1-5(2)6-3-9-8-7(11-6)4-10-12-8/h3-5H,1-2H3. The van der Waals surface area contributed by atoms with E-state index >= 15 is 0 Å². The minimum absolute atomic E-state index is 0.386. The number of nitrogens with zero attached hydrogens (tertiary/aromatic N) is 3. The van der Waals surface area contributed by atoms with Gasteiger partial charge in [0.25, 0.3) is 5.71 Å². The third-order valence-corrected chi connectivity index (χ3v) is 1.69. The molecule has 0 bridgehead atoms. The lowest BCUT2D eigenvalue weighted by Gasteiger charge is -2.00. The molecule has 0 saturated carbocycles. The highest BCUT2D eigenvalue weighted by Crippen LogP contribution is 2.13. The van der Waals surface area contributed by atoms with Crippen LogP contribution in [0.5, 0.6) is 0 Å². The topological polar surface area (TPSA) is 51.8 Å². The van der Waals surface area contributed by atoms with Gasteiger partial charge in [-0.3, -0.25) is 0 Å². The second-order valence-electron chi connectivity index (χ2n) is 2.97. The first-order valence-electron chi connectivity index (χ1n) is 3.84. The second kappa shape index (κ2) is 2.55. The van der Waals surface area contributed by atoms with E-state index in [1.807, 2.05) is 0 Å². The van der Waals surface area contributed by atoms with E-state index in [0.29, 0.717) is 11.6 Å². The predicted molar refractivity (Wildman–Crippen MR) is 43.7 cm³/mol. The number of fused-ring (bicyclic) bond motifs is 1. The second-order valence-corrected chi connectivity index (χ2v) is 2.97. The van der Waals surface area contributed by atoms with Crippen molar-refractivity contribution in [3.8, 4) is 0 Å². The molecule has 2 rings (SSSR count). The maximum Gasteiger partial charge on any atom is 0.276 e. The van der Waals surface area contributed by atoms with Gasteiger partial charge in [0.15, 0.2) is 5.52 Å². The highest BCUT2D eigenvalue weighted by molar-refractivity contribution is 5.65. The van der Waals surface area contributed by atoms with Crippen LogP contribution in [0.3, 0.4) is 0 Å². The Balaban J connectivity index is 2.60. The fourth-order valence-corrected chi connectivity index (χ4v) is 0.965. The Morgan fingerprint density at radius 1 is 1.33 bits per heavy atom. The molecule has 4 nitrogen and oxygen atoms in total. The molecule has 0 aliphatic rings. The van der Waals surface area contributed by atoms with Crippen molar-refractivity contribution in [2.75, 3.05) is 0 Å². The van der Waals surface area contributed by atoms with Gasteiger partial charge in [-0.05, 0) is 5.92 Å². The molecule has 12 heavy (non-hydrogen) atoms. The zero-order valence-corrected chi connectivity index (χ0v) is 6.98. The summed E-state index contributed by atoms with van der Waals surface area (Å²) in [4.78, 5) is 8.39. The van der Waals surface area contributed by atoms with E-state index in [1.54, 1.807) is 12.4 Å². The number of aromatic nitrogens is 3. The molecule has 4 heteroatoms. The average molecular weight is 163 g/mol. The fraction of sp³-hybridized carbons (Fsp3) is 0.375. The molecule has 62 valence electrons. The summed E-state index contributed by atoms with van der Waals surface area (Å²) >= 11 is 0. The van der Waals surface area contributed by atoms with E-state index in [1.165, 1.54) is 0 Å². The fourth-order valence-electron chi connectivity index (χ4n) is 0.965. The molecular formula is C8H9N3O. The number of rotatable bonds is 1. The van der Waals surface area contributed by atoms with Gasteiger partial charge in [0.05, 0.1) is 18.1 Å². The molecule has 0 aliphatic heterocycles. The van der Waals surface area contributed by atoms with Gasteiger partial charge in [0.1, 0.15) is 0 Å². The zero-order valence-electron chi connectivity index (χ0n) is 6.98. The van der Waals surface area contributed by atoms with Gasteiger partial charge in [0.2, 0.25) is 0 Å². The Morgan fingerprint density at radius 2 is 2.17 bits per heavy atom. The van der Waals surface area contributed by atoms with Crippen molar-refractivity contribution in [1.82, 2.24) is 15.1 Å². The zero-order chi connectivity index (χ0) is 8.55. The van der Waals surface area contributed by atoms with Crippen LogP contribution in [0.2, 0.25) is 0 Å². The van der Waals surface area contributed by atoms with Crippen molar-refractivity contribution >= 4 is 11.2 Å². The first kappa shape index (κ1) is 7.21. The predicted octanol–water partition coefficient (Wildman–Crippen LogP) is 1.74. The summed E-state index contributed by atoms with van der Waals surface area (Å²) in [6.07, 6.45) is 3.30. The molecule has 2 aromatic heterocycles. The van der Waals surface area contributed by atoms with Gasteiger partial charge in [-0.25, -0.2) is 9.97 Å². The highest BCUT2D eigenvalue weighted by Gasteiger charge is 2.05. The van der Waals surface area contributed by atoms with Crippen LogP contribution in [-0.4, -0.2) is 15.1 Å². The van der Waals surface area contributed by atoms with E-state index in [2.05, 4.69) is 29.0 Å². The third kappa shape index (κ3) is 1.05. The molecular weight excluding hydrogens is 154 g/mol. The van der Waals surface area contributed by atoms with Gasteiger partial charge in [-0.1, -0.05) is 19.0 Å². The Labute approximate surface area is 69.6 Å². The van der Waals surface area contributed by atoms with E-state index < -0.39 is 0 Å². The van der Waals surface area contributed by atoms with Gasteiger partial charge in [-0.2, -0.15) is 0 Å². The molecule has 0 aromatic carbocycles. The molecule has 0 amide bonds. The first-order chi connectivity index (χ1) is 5.77. The van der Waals surface area contributed by atoms with Gasteiger partial charge < -0.3 is 4.52 Å². The highest BCUT2D eigenvalue weighted by atomic mass is 16.5. The molecule has 0 N–H and O–H groups in total. The molecule has 0 unspecified atom stereocenters. The Bertz CT molecular complexity index is 394. The maximum atomic E-state index is 4.83. The smallest absolute Gasteiger partial charge is 0.276 e. The van der Waals surface area contributed by atoms with Gasteiger partial charge >= 0.3 is 0 Å². The Kier molecular flexibility index (Phi) is 1.53. The lowest BCUT2D eigenvalue weighted by Crippen LogP contribution is -1.92. The molecule has 2 heterocycles. The monoisotopic (exact) mass is 163 g/mol. The maximum absolute atomic E-state index is 4.83. The molecule has 0 atom stereocenters. The Morgan fingerprint density at radius 3 is 2.92 bits per heavy atom. The van der Waals surface area contributed by atoms with Crippen molar-refractivity contribution in [2.45, 2.75) is 19.8 Å². The van der Waals surface area contributed by atoms with Crippen LogP contribution < -0.4 is 0 Å². The summed E-state index contributed by atoms with van der Waals surface area (Å²) in [6, 6.07) is 0. The summed E-state index contributed by atoms with van der Waals surface area (Å²) in [5.41, 5.74) is 2.19.